The van der Waals surface area contributed by atoms with Crippen molar-refractivity contribution in [2.75, 3.05) is 18.8 Å². The molecule has 2 N–H and O–H groups in total. The van der Waals surface area contributed by atoms with Crippen molar-refractivity contribution in [3.05, 3.63) is 17.5 Å². The van der Waals surface area contributed by atoms with E-state index in [9.17, 15) is 0 Å². The summed E-state index contributed by atoms with van der Waals surface area (Å²) in [5.41, 5.74) is 1.06. The van der Waals surface area contributed by atoms with E-state index in [4.69, 9.17) is 4.52 Å². The van der Waals surface area contributed by atoms with Crippen molar-refractivity contribution in [1.82, 2.24) is 15.8 Å². The van der Waals surface area contributed by atoms with E-state index in [1.807, 2.05) is 0 Å². The van der Waals surface area contributed by atoms with Crippen LogP contribution in [0.3, 0.4) is 0 Å². The molecule has 24 heavy (non-hydrogen) atoms. The zero-order valence-corrected chi connectivity index (χ0v) is 18.2. The molecule has 1 atom stereocenters. The highest BCUT2D eigenvalue weighted by atomic mass is 127. The molecule has 138 valence electrons. The van der Waals surface area contributed by atoms with E-state index in [-0.39, 0.29) is 24.0 Å². The summed E-state index contributed by atoms with van der Waals surface area (Å²) in [5, 5.41) is 11.7. The molecule has 1 fully saturated rings. The molecule has 0 saturated carbocycles. The molecular weight excluding hydrogens is 435 g/mol. The van der Waals surface area contributed by atoms with Gasteiger partial charge in [-0.1, -0.05) is 19.0 Å². The summed E-state index contributed by atoms with van der Waals surface area (Å²) >= 11 is 2.05. The Morgan fingerprint density at radius 2 is 2.17 bits per heavy atom. The molecule has 0 aromatic carbocycles. The number of guanidine groups is 1. The van der Waals surface area contributed by atoms with Crippen molar-refractivity contribution in [3.63, 3.8) is 0 Å². The van der Waals surface area contributed by atoms with Gasteiger partial charge in [-0.2, -0.15) is 11.8 Å². The van der Waals surface area contributed by atoms with Crippen LogP contribution in [-0.2, 0) is 6.54 Å². The van der Waals surface area contributed by atoms with Crippen LogP contribution in [0.5, 0.6) is 0 Å². The lowest BCUT2D eigenvalue weighted by Gasteiger charge is -2.14. The van der Waals surface area contributed by atoms with E-state index in [1.165, 1.54) is 18.6 Å². The quantitative estimate of drug-likeness (QED) is 0.343. The highest BCUT2D eigenvalue weighted by Crippen LogP contribution is 2.25. The second-order valence-electron chi connectivity index (χ2n) is 5.94. The van der Waals surface area contributed by atoms with Crippen LogP contribution in [0.25, 0.3) is 0 Å². The van der Waals surface area contributed by atoms with Gasteiger partial charge in [-0.05, 0) is 38.4 Å². The van der Waals surface area contributed by atoms with E-state index < -0.39 is 0 Å². The summed E-state index contributed by atoms with van der Waals surface area (Å²) < 4.78 is 5.44. The first-order valence-electron chi connectivity index (χ1n) is 8.86. The number of hydrogen-bond donors (Lipinski definition) is 2. The average Bonchev–Trinajstić information content (AvgIpc) is 3.23. The van der Waals surface area contributed by atoms with Gasteiger partial charge in [0, 0.05) is 30.3 Å². The molecule has 1 unspecified atom stereocenters. The van der Waals surface area contributed by atoms with Crippen LogP contribution in [0.4, 0.5) is 0 Å². The highest BCUT2D eigenvalue weighted by Gasteiger charge is 2.16. The van der Waals surface area contributed by atoms with Crippen LogP contribution in [0.2, 0.25) is 0 Å². The summed E-state index contributed by atoms with van der Waals surface area (Å²) in [6.45, 7) is 8.83. The zero-order valence-electron chi connectivity index (χ0n) is 15.0. The second-order valence-corrected chi connectivity index (χ2v) is 7.35. The topological polar surface area (TPSA) is 62.5 Å². The molecule has 7 heteroatoms. The fraction of sp³-hybridized carbons (Fsp3) is 0.765. The number of aliphatic imine (C=N–C) groups is 1. The van der Waals surface area contributed by atoms with Gasteiger partial charge in [0.1, 0.15) is 6.54 Å². The van der Waals surface area contributed by atoms with Gasteiger partial charge in [-0.25, -0.2) is 4.99 Å². The molecule has 1 aromatic heterocycles. The lowest BCUT2D eigenvalue weighted by Crippen LogP contribution is -2.40. The first-order chi connectivity index (χ1) is 11.3. The molecule has 5 nitrogen and oxygen atoms in total. The Kier molecular flexibility index (Phi) is 10.8. The lowest BCUT2D eigenvalue weighted by atomic mass is 9.99. The Balaban J connectivity index is 0.00000288. The molecule has 2 heterocycles. The minimum absolute atomic E-state index is 0. The van der Waals surface area contributed by atoms with Crippen molar-refractivity contribution in [2.45, 2.75) is 64.2 Å². The number of nitrogens with zero attached hydrogens (tertiary/aromatic N) is 2. The number of hydrogen-bond acceptors (Lipinski definition) is 4. The number of thioether (sulfide) groups is 1. The van der Waals surface area contributed by atoms with Crippen molar-refractivity contribution in [2.24, 2.45) is 4.99 Å². The molecule has 0 bridgehead atoms. The fourth-order valence-corrected chi connectivity index (χ4v) is 4.02. The van der Waals surface area contributed by atoms with Crippen molar-refractivity contribution >= 4 is 41.7 Å². The van der Waals surface area contributed by atoms with Crippen LogP contribution in [-0.4, -0.2) is 35.2 Å². The van der Waals surface area contributed by atoms with Gasteiger partial charge in [0.25, 0.3) is 0 Å². The van der Waals surface area contributed by atoms with Crippen molar-refractivity contribution in [1.29, 1.82) is 0 Å². The highest BCUT2D eigenvalue weighted by molar-refractivity contribution is 14.0. The maximum absolute atomic E-state index is 5.44. The minimum atomic E-state index is 0. The molecule has 0 aliphatic carbocycles. The molecule has 1 saturated heterocycles. The molecule has 1 aromatic rings. The third-order valence-electron chi connectivity index (χ3n) is 4.24. The van der Waals surface area contributed by atoms with E-state index in [1.54, 1.807) is 0 Å². The Morgan fingerprint density at radius 1 is 1.38 bits per heavy atom. The third kappa shape index (κ3) is 6.82. The molecule has 2 rings (SSSR count). The van der Waals surface area contributed by atoms with Crippen LogP contribution >= 0.6 is 35.7 Å². The monoisotopic (exact) mass is 466 g/mol. The summed E-state index contributed by atoms with van der Waals surface area (Å²) in [6.07, 6.45) is 4.82. The maximum atomic E-state index is 5.44. The summed E-state index contributed by atoms with van der Waals surface area (Å²) in [6, 6.07) is 2.05. The fourth-order valence-electron chi connectivity index (χ4n) is 2.82. The number of halogens is 1. The SMILES string of the molecule is CCNC(=NCc1cc(C(CC)CC)no1)NCC1CCCS1.I. The van der Waals surface area contributed by atoms with Crippen LogP contribution < -0.4 is 10.6 Å². The average molecular weight is 466 g/mol. The predicted octanol–water partition coefficient (Wildman–Crippen LogP) is 4.15. The van der Waals surface area contributed by atoms with Crippen LogP contribution in [0.15, 0.2) is 15.6 Å². The Bertz CT molecular complexity index is 485. The molecular formula is C17H31IN4OS. The normalized spacial score (nSPS) is 17.8. The Labute approximate surface area is 167 Å². The molecule has 0 radical (unpaired) electrons. The summed E-state index contributed by atoms with van der Waals surface area (Å²) in [5.74, 6) is 3.47. The Hall–Kier alpha value is -0.440. The molecule has 0 amide bonds. The lowest BCUT2D eigenvalue weighted by molar-refractivity contribution is 0.372. The predicted molar refractivity (Wildman–Crippen MR) is 114 cm³/mol. The zero-order chi connectivity index (χ0) is 16.5. The molecule has 1 aliphatic heterocycles. The maximum Gasteiger partial charge on any atom is 0.191 e. The number of nitrogens with one attached hydrogen (secondary N) is 2. The standard InChI is InChI=1S/C17H30N4OS.HI/c1-4-13(5-2)16-10-14(22-21-16)11-19-17(18-6-3)20-12-15-8-7-9-23-15;/h10,13,15H,4-9,11-12H2,1-3H3,(H2,18,19,20);1H. The van der Waals surface area contributed by atoms with E-state index in [0.29, 0.717) is 17.7 Å². The first-order valence-corrected chi connectivity index (χ1v) is 9.90. The van der Waals surface area contributed by atoms with Crippen LogP contribution in [0.1, 0.15) is 63.8 Å². The number of rotatable bonds is 8. The van der Waals surface area contributed by atoms with E-state index >= 15 is 0 Å². The van der Waals surface area contributed by atoms with Crippen molar-refractivity contribution in [3.8, 4) is 0 Å². The third-order valence-corrected chi connectivity index (χ3v) is 5.64. The summed E-state index contributed by atoms with van der Waals surface area (Å²) in [4.78, 5) is 4.62. The Morgan fingerprint density at radius 3 is 2.79 bits per heavy atom. The van der Waals surface area contributed by atoms with Gasteiger partial charge in [-0.15, -0.1) is 24.0 Å². The van der Waals surface area contributed by atoms with Gasteiger partial charge < -0.3 is 15.2 Å². The number of aromatic nitrogens is 1. The van der Waals surface area contributed by atoms with Crippen molar-refractivity contribution < 1.29 is 4.52 Å². The molecule has 1 aliphatic rings. The van der Waals surface area contributed by atoms with Gasteiger partial charge in [0.2, 0.25) is 0 Å². The first kappa shape index (κ1) is 21.6. The van der Waals surface area contributed by atoms with E-state index in [0.717, 1.165) is 43.3 Å². The van der Waals surface area contributed by atoms with Gasteiger partial charge in [0.15, 0.2) is 11.7 Å². The molecule has 0 spiro atoms. The summed E-state index contributed by atoms with van der Waals surface area (Å²) in [7, 11) is 0. The largest absolute Gasteiger partial charge is 0.359 e. The smallest absolute Gasteiger partial charge is 0.191 e. The van der Waals surface area contributed by atoms with Gasteiger partial charge in [-0.3, -0.25) is 0 Å². The van der Waals surface area contributed by atoms with Gasteiger partial charge in [0.05, 0.1) is 5.69 Å². The second kappa shape index (κ2) is 12.0. The minimum Gasteiger partial charge on any atom is -0.359 e. The van der Waals surface area contributed by atoms with Crippen LogP contribution in [0, 0.1) is 0 Å². The van der Waals surface area contributed by atoms with Gasteiger partial charge >= 0.3 is 0 Å². The van der Waals surface area contributed by atoms with E-state index in [2.05, 4.69) is 59.4 Å².